The molecule has 90 valence electrons. The monoisotopic (exact) mass is 270 g/mol. The van der Waals surface area contributed by atoms with Gasteiger partial charge in [-0.1, -0.05) is 11.6 Å². The Kier molecular flexibility index (Phi) is 3.54. The third kappa shape index (κ3) is 3.11. The third-order valence-electron chi connectivity index (χ3n) is 2.37. The number of hydrogen-bond acceptors (Lipinski definition) is 3. The van der Waals surface area contributed by atoms with E-state index in [-0.39, 0.29) is 5.82 Å². The summed E-state index contributed by atoms with van der Waals surface area (Å²) in [4.78, 5) is 3.06. The van der Waals surface area contributed by atoms with Crippen LogP contribution in [0.1, 0.15) is 4.88 Å². The Morgan fingerprint density at radius 1 is 1.35 bits per heavy atom. The average Bonchev–Trinajstić information content (AvgIpc) is 2.62. The molecule has 0 aliphatic carbocycles. The van der Waals surface area contributed by atoms with Gasteiger partial charge in [0.2, 0.25) is 0 Å². The molecule has 0 unspecified atom stereocenters. The van der Waals surface area contributed by atoms with Gasteiger partial charge in [-0.25, -0.2) is 4.39 Å². The van der Waals surface area contributed by atoms with Crippen LogP contribution in [0.5, 0.6) is 0 Å². The van der Waals surface area contributed by atoms with Crippen LogP contribution in [0.15, 0.2) is 30.3 Å². The molecule has 0 radical (unpaired) electrons. The maximum Gasteiger partial charge on any atom is 0.127 e. The molecule has 0 atom stereocenters. The molecular formula is C12H12ClFN2S. The maximum absolute atomic E-state index is 13.2. The smallest absolute Gasteiger partial charge is 0.127 e. The van der Waals surface area contributed by atoms with E-state index < -0.39 is 0 Å². The Bertz CT molecular complexity index is 507. The quantitative estimate of drug-likeness (QED) is 0.861. The third-order valence-corrected chi connectivity index (χ3v) is 3.58. The lowest BCUT2D eigenvalue weighted by Crippen LogP contribution is -2.15. The number of thiophene rings is 1. The summed E-state index contributed by atoms with van der Waals surface area (Å²) in [6.45, 7) is 0.681. The molecule has 0 aliphatic rings. The van der Waals surface area contributed by atoms with Crippen LogP contribution in [-0.2, 0) is 6.54 Å². The van der Waals surface area contributed by atoms with E-state index in [1.165, 1.54) is 23.5 Å². The van der Waals surface area contributed by atoms with E-state index in [2.05, 4.69) is 0 Å². The van der Waals surface area contributed by atoms with Crippen molar-refractivity contribution in [3.8, 4) is 0 Å². The first-order valence-electron chi connectivity index (χ1n) is 5.06. The summed E-state index contributed by atoms with van der Waals surface area (Å²) in [5.74, 6) is -0.323. The Morgan fingerprint density at radius 2 is 2.12 bits per heavy atom. The molecule has 5 heteroatoms. The van der Waals surface area contributed by atoms with E-state index in [4.69, 9.17) is 17.3 Å². The number of benzene rings is 1. The zero-order valence-corrected chi connectivity index (χ0v) is 10.9. The molecule has 2 N–H and O–H groups in total. The lowest BCUT2D eigenvalue weighted by molar-refractivity contribution is 0.628. The van der Waals surface area contributed by atoms with Gasteiger partial charge in [-0.2, -0.15) is 0 Å². The summed E-state index contributed by atoms with van der Waals surface area (Å²) in [7, 11) is 1.89. The summed E-state index contributed by atoms with van der Waals surface area (Å²) in [5.41, 5.74) is 6.79. The van der Waals surface area contributed by atoms with E-state index in [9.17, 15) is 4.39 Å². The van der Waals surface area contributed by atoms with Crippen molar-refractivity contribution in [2.45, 2.75) is 6.54 Å². The van der Waals surface area contributed by atoms with E-state index >= 15 is 0 Å². The molecule has 0 saturated heterocycles. The highest BCUT2D eigenvalue weighted by atomic mass is 35.5. The van der Waals surface area contributed by atoms with Crippen molar-refractivity contribution >= 4 is 34.3 Å². The number of nitrogen functional groups attached to an aromatic ring is 1. The highest BCUT2D eigenvalue weighted by Crippen LogP contribution is 2.25. The minimum atomic E-state index is -0.323. The van der Waals surface area contributed by atoms with Crippen molar-refractivity contribution in [2.24, 2.45) is 0 Å². The fourth-order valence-corrected chi connectivity index (χ4v) is 2.72. The van der Waals surface area contributed by atoms with Crippen LogP contribution < -0.4 is 10.6 Å². The summed E-state index contributed by atoms with van der Waals surface area (Å²) < 4.78 is 14.0. The number of nitrogens with zero attached hydrogens (tertiary/aromatic N) is 1. The van der Waals surface area contributed by atoms with Crippen LogP contribution in [-0.4, -0.2) is 7.05 Å². The molecular weight excluding hydrogens is 259 g/mol. The average molecular weight is 271 g/mol. The van der Waals surface area contributed by atoms with Crippen LogP contribution in [0, 0.1) is 5.82 Å². The Labute approximate surface area is 108 Å². The number of anilines is 2. The molecule has 0 fully saturated rings. The number of hydrogen-bond donors (Lipinski definition) is 1. The fraction of sp³-hybridized carbons (Fsp3) is 0.167. The molecule has 17 heavy (non-hydrogen) atoms. The van der Waals surface area contributed by atoms with Crippen LogP contribution in [0.4, 0.5) is 15.8 Å². The van der Waals surface area contributed by atoms with Crippen LogP contribution in [0.2, 0.25) is 4.34 Å². The largest absolute Gasteiger partial charge is 0.399 e. The van der Waals surface area contributed by atoms with E-state index in [0.717, 1.165) is 14.9 Å². The normalized spacial score (nSPS) is 10.5. The van der Waals surface area contributed by atoms with Gasteiger partial charge in [0.25, 0.3) is 0 Å². The summed E-state index contributed by atoms with van der Waals surface area (Å²) in [6, 6.07) is 8.34. The first-order chi connectivity index (χ1) is 8.04. The summed E-state index contributed by atoms with van der Waals surface area (Å²) in [5, 5.41) is 0. The Morgan fingerprint density at radius 3 is 2.71 bits per heavy atom. The van der Waals surface area contributed by atoms with E-state index in [0.29, 0.717) is 12.2 Å². The van der Waals surface area contributed by atoms with Crippen molar-refractivity contribution in [3.05, 3.63) is 45.4 Å². The van der Waals surface area contributed by atoms with Crippen molar-refractivity contribution in [1.82, 2.24) is 0 Å². The molecule has 0 aliphatic heterocycles. The lowest BCUT2D eigenvalue weighted by Gasteiger charge is -2.18. The van der Waals surface area contributed by atoms with Crippen LogP contribution >= 0.6 is 22.9 Å². The van der Waals surface area contributed by atoms with Crippen molar-refractivity contribution in [2.75, 3.05) is 17.7 Å². The fourth-order valence-electron chi connectivity index (χ4n) is 1.58. The molecule has 1 aromatic carbocycles. The summed E-state index contributed by atoms with van der Waals surface area (Å²) in [6.07, 6.45) is 0. The molecule has 1 aromatic heterocycles. The lowest BCUT2D eigenvalue weighted by atomic mass is 10.2. The van der Waals surface area contributed by atoms with E-state index in [1.807, 2.05) is 24.1 Å². The molecule has 2 rings (SSSR count). The van der Waals surface area contributed by atoms with Gasteiger partial charge in [0.1, 0.15) is 5.82 Å². The topological polar surface area (TPSA) is 29.3 Å². The van der Waals surface area contributed by atoms with Gasteiger partial charge in [0, 0.05) is 23.3 Å². The number of halogens is 2. The maximum atomic E-state index is 13.2. The van der Waals surface area contributed by atoms with Crippen LogP contribution in [0.3, 0.4) is 0 Å². The minimum Gasteiger partial charge on any atom is -0.399 e. The van der Waals surface area contributed by atoms with Crippen LogP contribution in [0.25, 0.3) is 0 Å². The molecule has 0 amide bonds. The molecule has 1 heterocycles. The van der Waals surface area contributed by atoms with Gasteiger partial charge in [-0.05, 0) is 30.3 Å². The van der Waals surface area contributed by atoms with Gasteiger partial charge in [0.05, 0.1) is 10.9 Å². The predicted molar refractivity (Wildman–Crippen MR) is 72.2 cm³/mol. The standard InChI is InChI=1S/C12H12ClFN2S/c1-16(7-11-2-3-12(13)17-11)10-5-8(14)4-9(15)6-10/h2-6H,7,15H2,1H3. The molecule has 0 bridgehead atoms. The second kappa shape index (κ2) is 4.94. The van der Waals surface area contributed by atoms with Crippen molar-refractivity contribution in [1.29, 1.82) is 0 Å². The SMILES string of the molecule is CN(Cc1ccc(Cl)s1)c1cc(N)cc(F)c1. The van der Waals surface area contributed by atoms with Crippen molar-refractivity contribution in [3.63, 3.8) is 0 Å². The first kappa shape index (κ1) is 12.2. The van der Waals surface area contributed by atoms with Gasteiger partial charge < -0.3 is 10.6 Å². The zero-order chi connectivity index (χ0) is 12.4. The molecule has 2 aromatic rings. The van der Waals surface area contributed by atoms with Gasteiger partial charge in [0.15, 0.2) is 0 Å². The Balaban J connectivity index is 2.16. The summed E-state index contributed by atoms with van der Waals surface area (Å²) >= 11 is 7.38. The predicted octanol–water partition coefficient (Wildman–Crippen LogP) is 3.76. The molecule has 0 spiro atoms. The highest BCUT2D eigenvalue weighted by molar-refractivity contribution is 7.16. The van der Waals surface area contributed by atoms with Gasteiger partial charge in [-0.3, -0.25) is 0 Å². The van der Waals surface area contributed by atoms with Gasteiger partial charge in [-0.15, -0.1) is 11.3 Å². The second-order valence-corrected chi connectivity index (χ2v) is 5.60. The first-order valence-corrected chi connectivity index (χ1v) is 6.25. The highest BCUT2D eigenvalue weighted by Gasteiger charge is 2.06. The Hall–Kier alpha value is -1.26. The van der Waals surface area contributed by atoms with Crippen molar-refractivity contribution < 1.29 is 4.39 Å². The second-order valence-electron chi connectivity index (χ2n) is 3.80. The number of rotatable bonds is 3. The zero-order valence-electron chi connectivity index (χ0n) is 9.28. The van der Waals surface area contributed by atoms with Gasteiger partial charge >= 0.3 is 0 Å². The molecule has 0 saturated carbocycles. The minimum absolute atomic E-state index is 0.323. The van der Waals surface area contributed by atoms with E-state index in [1.54, 1.807) is 6.07 Å². The molecule has 2 nitrogen and oxygen atoms in total. The number of nitrogens with two attached hydrogens (primary N) is 1.